The number of amides is 3. The molecule has 1 saturated carbocycles. The quantitative estimate of drug-likeness (QED) is 0.762. The van der Waals surface area contributed by atoms with Crippen molar-refractivity contribution in [2.75, 3.05) is 26.2 Å². The molecule has 1 spiro atoms. The Kier molecular flexibility index (Phi) is 4.51. The maximum Gasteiger partial charge on any atom is 0.410 e. The summed E-state index contributed by atoms with van der Waals surface area (Å²) >= 11 is 0. The topological polar surface area (TPSA) is 79.0 Å². The fourth-order valence-corrected chi connectivity index (χ4v) is 3.34. The molecule has 1 N–H and O–H groups in total. The molecule has 25 heavy (non-hydrogen) atoms. The Balaban J connectivity index is 1.70. The van der Waals surface area contributed by atoms with Crippen molar-refractivity contribution in [3.63, 3.8) is 0 Å². The van der Waals surface area contributed by atoms with Crippen LogP contribution in [0.15, 0.2) is 12.2 Å². The van der Waals surface area contributed by atoms with E-state index in [1.807, 2.05) is 26.8 Å². The molecule has 0 unspecified atom stereocenters. The highest BCUT2D eigenvalue weighted by Crippen LogP contribution is 2.35. The average molecular weight is 349 g/mol. The summed E-state index contributed by atoms with van der Waals surface area (Å²) in [7, 11) is 0. The van der Waals surface area contributed by atoms with Gasteiger partial charge in [0.2, 0.25) is 11.8 Å². The summed E-state index contributed by atoms with van der Waals surface area (Å²) in [5, 5.41) is 2.82. The van der Waals surface area contributed by atoms with Crippen LogP contribution in [0.2, 0.25) is 0 Å². The summed E-state index contributed by atoms with van der Waals surface area (Å²) < 4.78 is 5.39. The lowest BCUT2D eigenvalue weighted by molar-refractivity contribution is -0.142. The van der Waals surface area contributed by atoms with Crippen molar-refractivity contribution in [3.05, 3.63) is 12.2 Å². The summed E-state index contributed by atoms with van der Waals surface area (Å²) in [5.41, 5.74) is -1.19. The molecule has 0 bridgehead atoms. The van der Waals surface area contributed by atoms with E-state index in [1.165, 1.54) is 0 Å². The van der Waals surface area contributed by atoms with Crippen LogP contribution in [-0.4, -0.2) is 65.0 Å². The van der Waals surface area contributed by atoms with Crippen molar-refractivity contribution >= 4 is 17.9 Å². The lowest BCUT2D eigenvalue weighted by Crippen LogP contribution is -2.72. The predicted molar refractivity (Wildman–Crippen MR) is 91.7 cm³/mol. The van der Waals surface area contributed by atoms with E-state index in [1.54, 1.807) is 15.9 Å². The number of hydrogen-bond acceptors (Lipinski definition) is 4. The van der Waals surface area contributed by atoms with Crippen molar-refractivity contribution in [1.82, 2.24) is 15.1 Å². The Labute approximate surface area is 148 Å². The summed E-state index contributed by atoms with van der Waals surface area (Å²) in [4.78, 5) is 40.2. The molecule has 3 aliphatic rings. The molecule has 2 aliphatic heterocycles. The third kappa shape index (κ3) is 4.14. The number of nitrogens with one attached hydrogen (secondary N) is 1. The molecular weight excluding hydrogens is 322 g/mol. The monoisotopic (exact) mass is 349 g/mol. The molecular formula is C18H27N3O4. The minimum absolute atomic E-state index is 0.0766. The number of carbonyl (C=O) groups is 3. The summed E-state index contributed by atoms with van der Waals surface area (Å²) in [5.74, 6) is 0.365. The van der Waals surface area contributed by atoms with E-state index in [-0.39, 0.29) is 18.2 Å². The van der Waals surface area contributed by atoms with Gasteiger partial charge in [-0.15, -0.1) is 0 Å². The molecule has 0 aromatic carbocycles. The van der Waals surface area contributed by atoms with Crippen molar-refractivity contribution in [1.29, 1.82) is 0 Å². The number of hydrogen-bond donors (Lipinski definition) is 1. The highest BCUT2D eigenvalue weighted by molar-refractivity contribution is 5.90. The fraction of sp³-hybridized carbons (Fsp3) is 0.722. The van der Waals surface area contributed by atoms with E-state index >= 15 is 0 Å². The summed E-state index contributed by atoms with van der Waals surface area (Å²) in [6.07, 6.45) is 5.69. The molecule has 3 fully saturated rings. The third-order valence-corrected chi connectivity index (χ3v) is 4.74. The number of ether oxygens (including phenoxy) is 1. The van der Waals surface area contributed by atoms with Crippen LogP contribution in [0.1, 0.15) is 40.0 Å². The first-order valence-electron chi connectivity index (χ1n) is 8.93. The first kappa shape index (κ1) is 17.8. The van der Waals surface area contributed by atoms with Crippen LogP contribution in [0, 0.1) is 5.92 Å². The van der Waals surface area contributed by atoms with Crippen molar-refractivity contribution in [2.24, 2.45) is 5.92 Å². The van der Waals surface area contributed by atoms with Gasteiger partial charge in [-0.1, -0.05) is 6.08 Å². The van der Waals surface area contributed by atoms with Crippen LogP contribution in [-0.2, 0) is 14.3 Å². The van der Waals surface area contributed by atoms with Gasteiger partial charge in [-0.3, -0.25) is 9.59 Å². The van der Waals surface area contributed by atoms with E-state index < -0.39 is 17.2 Å². The molecule has 7 heteroatoms. The summed E-state index contributed by atoms with van der Waals surface area (Å²) in [6, 6.07) is 0. The average Bonchev–Trinajstić information content (AvgIpc) is 3.27. The Bertz CT molecular complexity index is 598. The predicted octanol–water partition coefficient (Wildman–Crippen LogP) is 1.29. The van der Waals surface area contributed by atoms with Crippen LogP contribution in [0.25, 0.3) is 0 Å². The van der Waals surface area contributed by atoms with Gasteiger partial charge in [-0.05, 0) is 45.6 Å². The van der Waals surface area contributed by atoms with Crippen molar-refractivity contribution in [3.8, 4) is 0 Å². The van der Waals surface area contributed by atoms with E-state index in [0.717, 1.165) is 12.8 Å². The van der Waals surface area contributed by atoms with Crippen LogP contribution < -0.4 is 5.32 Å². The van der Waals surface area contributed by atoms with Crippen molar-refractivity contribution in [2.45, 2.75) is 51.2 Å². The van der Waals surface area contributed by atoms with Gasteiger partial charge < -0.3 is 19.9 Å². The second kappa shape index (κ2) is 6.35. The van der Waals surface area contributed by atoms with E-state index in [9.17, 15) is 14.4 Å². The largest absolute Gasteiger partial charge is 0.444 e. The molecule has 2 heterocycles. The Morgan fingerprint density at radius 1 is 1.28 bits per heavy atom. The first-order valence-corrected chi connectivity index (χ1v) is 8.93. The highest BCUT2D eigenvalue weighted by Gasteiger charge is 2.53. The smallest absolute Gasteiger partial charge is 0.410 e. The van der Waals surface area contributed by atoms with Crippen LogP contribution in [0.3, 0.4) is 0 Å². The van der Waals surface area contributed by atoms with Crippen LogP contribution >= 0.6 is 0 Å². The molecule has 0 radical (unpaired) electrons. The standard InChI is InChI=1S/C18H27N3O4/c1-17(2,3)25-16(24)20-11-18(12-20)10-14(22)19-8-9-21(18)15(23)7-6-13-4-5-13/h6-7,13H,4-5,8-12H2,1-3H3,(H,19,22)/b7-6-. The first-order chi connectivity index (χ1) is 11.7. The van der Waals surface area contributed by atoms with Gasteiger partial charge in [0.15, 0.2) is 0 Å². The third-order valence-electron chi connectivity index (χ3n) is 4.74. The van der Waals surface area contributed by atoms with E-state index in [2.05, 4.69) is 5.32 Å². The Morgan fingerprint density at radius 3 is 2.56 bits per heavy atom. The normalized spacial score (nSPS) is 23.2. The SMILES string of the molecule is CC(C)(C)OC(=O)N1CC2(CC(=O)NCCN2C(=O)/C=C\C2CC2)C1. The number of allylic oxidation sites excluding steroid dienone is 1. The van der Waals surface area contributed by atoms with Gasteiger partial charge >= 0.3 is 6.09 Å². The zero-order valence-electron chi connectivity index (χ0n) is 15.2. The maximum absolute atomic E-state index is 12.7. The van der Waals surface area contributed by atoms with Gasteiger partial charge in [0, 0.05) is 26.2 Å². The zero-order valence-corrected chi connectivity index (χ0v) is 15.2. The second-order valence-electron chi connectivity index (χ2n) is 8.27. The molecule has 7 nitrogen and oxygen atoms in total. The fourth-order valence-electron chi connectivity index (χ4n) is 3.34. The second-order valence-corrected chi connectivity index (χ2v) is 8.27. The minimum Gasteiger partial charge on any atom is -0.444 e. The van der Waals surface area contributed by atoms with E-state index in [4.69, 9.17) is 4.74 Å². The maximum atomic E-state index is 12.7. The number of likely N-dealkylation sites (tertiary alicyclic amines) is 1. The summed E-state index contributed by atoms with van der Waals surface area (Å²) in [6.45, 7) is 7.02. The number of nitrogens with zero attached hydrogens (tertiary/aromatic N) is 2. The van der Waals surface area contributed by atoms with Crippen LogP contribution in [0.4, 0.5) is 4.79 Å². The molecule has 2 saturated heterocycles. The molecule has 3 amide bonds. The van der Waals surface area contributed by atoms with Gasteiger partial charge in [0.25, 0.3) is 0 Å². The molecule has 0 aromatic heterocycles. The number of carbonyl (C=O) groups excluding carboxylic acids is 3. The van der Waals surface area contributed by atoms with Crippen LogP contribution in [0.5, 0.6) is 0 Å². The Morgan fingerprint density at radius 2 is 1.96 bits per heavy atom. The molecule has 0 aromatic rings. The number of rotatable bonds is 2. The van der Waals surface area contributed by atoms with Gasteiger partial charge in [-0.25, -0.2) is 4.79 Å². The lowest BCUT2D eigenvalue weighted by atomic mass is 9.84. The minimum atomic E-state index is -0.623. The molecule has 0 atom stereocenters. The highest BCUT2D eigenvalue weighted by atomic mass is 16.6. The van der Waals surface area contributed by atoms with Crippen molar-refractivity contribution < 1.29 is 19.1 Å². The van der Waals surface area contributed by atoms with E-state index in [0.29, 0.717) is 32.1 Å². The van der Waals surface area contributed by atoms with Gasteiger partial charge in [-0.2, -0.15) is 0 Å². The Hall–Kier alpha value is -2.05. The van der Waals surface area contributed by atoms with Gasteiger partial charge in [0.05, 0.1) is 12.0 Å². The van der Waals surface area contributed by atoms with Gasteiger partial charge in [0.1, 0.15) is 5.60 Å². The lowest BCUT2D eigenvalue weighted by Gasteiger charge is -2.54. The molecule has 138 valence electrons. The molecule has 3 rings (SSSR count). The zero-order chi connectivity index (χ0) is 18.2. The molecule has 1 aliphatic carbocycles.